The third-order valence-electron chi connectivity index (χ3n) is 9.92. The second-order valence-corrected chi connectivity index (χ2v) is 14.6. The van der Waals surface area contributed by atoms with Gasteiger partial charge in [0.2, 0.25) is 0 Å². The highest BCUT2D eigenvalue weighted by Crippen LogP contribution is 2.39. The van der Waals surface area contributed by atoms with E-state index in [4.69, 9.17) is 44.3 Å². The highest BCUT2D eigenvalue weighted by atomic mass is 35.5. The second-order valence-electron chi connectivity index (χ2n) is 13.3. The number of methoxy groups -OCH3 is 2. The Morgan fingerprint density at radius 2 is 1.17 bits per heavy atom. The average molecular weight is 769 g/mol. The van der Waals surface area contributed by atoms with Crippen molar-refractivity contribution in [2.45, 2.75) is 64.7 Å². The Labute approximate surface area is 321 Å². The maximum absolute atomic E-state index is 12.0. The Balaban J connectivity index is 0.000000124. The minimum absolute atomic E-state index is 0.0625. The molecule has 0 radical (unpaired) electrons. The number of para-hydroxylation sites is 1. The predicted octanol–water partition coefficient (Wildman–Crippen LogP) is 10.5. The Bertz CT molecular complexity index is 2480. The van der Waals surface area contributed by atoms with Crippen molar-refractivity contribution in [2.24, 2.45) is 0 Å². The van der Waals surface area contributed by atoms with Gasteiger partial charge >= 0.3 is 0 Å². The molecule has 0 atom stereocenters. The molecule has 3 aromatic heterocycles. The Hall–Kier alpha value is -4.63. The lowest BCUT2D eigenvalue weighted by atomic mass is 9.92. The zero-order chi connectivity index (χ0) is 37.4. The molecule has 3 aliphatic carbocycles. The molecule has 0 unspecified atom stereocenters. The fourth-order valence-electron chi connectivity index (χ4n) is 7.40. The lowest BCUT2D eigenvalue weighted by Crippen LogP contribution is -2.14. The number of carbonyl (C=O) groups is 3. The zero-order valence-corrected chi connectivity index (χ0v) is 31.8. The summed E-state index contributed by atoms with van der Waals surface area (Å²) in [6, 6.07) is 17.2. The van der Waals surface area contributed by atoms with E-state index >= 15 is 0 Å². The summed E-state index contributed by atoms with van der Waals surface area (Å²) in [6.07, 6.45) is 6.99. The van der Waals surface area contributed by atoms with Crippen molar-refractivity contribution in [3.63, 3.8) is 0 Å². The van der Waals surface area contributed by atoms with Gasteiger partial charge in [-0.05, 0) is 86.9 Å². The highest BCUT2D eigenvalue weighted by Gasteiger charge is 2.26. The molecule has 0 saturated carbocycles. The van der Waals surface area contributed by atoms with E-state index in [1.165, 1.54) is 0 Å². The lowest BCUT2D eigenvalue weighted by Gasteiger charge is -2.19. The summed E-state index contributed by atoms with van der Waals surface area (Å²) in [4.78, 5) is 49.1. The number of nitrogens with zero attached hydrogens (tertiary/aromatic N) is 3. The molecule has 0 bridgehead atoms. The van der Waals surface area contributed by atoms with Gasteiger partial charge in [0.1, 0.15) is 28.6 Å². The summed E-state index contributed by atoms with van der Waals surface area (Å²) in [5, 5.41) is 4.23. The Morgan fingerprint density at radius 3 is 1.85 bits per heavy atom. The van der Waals surface area contributed by atoms with Gasteiger partial charge in [-0.25, -0.2) is 15.0 Å². The summed E-state index contributed by atoms with van der Waals surface area (Å²) >= 11 is 18.3. The molecule has 270 valence electrons. The SMILES string of the molecule is COc1c2c(nc3cc(Cl)c(Cl)cc13)C(=O)CCC2.COc1c2c(nc3cccc(Cl)c13)C(=O)CCC2.Cc1cccc2cc3c(nc12)C(=O)CCC3. The summed E-state index contributed by atoms with van der Waals surface area (Å²) in [7, 11) is 3.20. The van der Waals surface area contributed by atoms with Crippen molar-refractivity contribution < 1.29 is 23.9 Å². The largest absolute Gasteiger partial charge is 0.496 e. The van der Waals surface area contributed by atoms with Crippen LogP contribution in [-0.4, -0.2) is 46.5 Å². The number of aryl methyl sites for hydroxylation is 2. The van der Waals surface area contributed by atoms with E-state index in [1.54, 1.807) is 26.4 Å². The van der Waals surface area contributed by atoms with Crippen molar-refractivity contribution in [3.05, 3.63) is 109 Å². The van der Waals surface area contributed by atoms with Gasteiger partial charge < -0.3 is 9.47 Å². The van der Waals surface area contributed by atoms with Crippen molar-refractivity contribution in [2.75, 3.05) is 14.2 Å². The number of aromatic nitrogens is 3. The fourth-order valence-corrected chi connectivity index (χ4v) is 7.97. The molecular formula is C42H36Cl3N3O5. The third kappa shape index (κ3) is 7.08. The van der Waals surface area contributed by atoms with E-state index in [0.717, 1.165) is 82.5 Å². The smallest absolute Gasteiger partial charge is 0.181 e. The van der Waals surface area contributed by atoms with Crippen LogP contribution in [0, 0.1) is 6.92 Å². The maximum Gasteiger partial charge on any atom is 0.181 e. The lowest BCUT2D eigenvalue weighted by molar-refractivity contribution is 0.0959. The van der Waals surface area contributed by atoms with Crippen LogP contribution in [-0.2, 0) is 19.3 Å². The van der Waals surface area contributed by atoms with E-state index in [9.17, 15) is 14.4 Å². The molecule has 0 spiro atoms. The van der Waals surface area contributed by atoms with Crippen LogP contribution in [0.1, 0.15) is 92.2 Å². The molecule has 0 saturated heterocycles. The van der Waals surface area contributed by atoms with Crippen LogP contribution in [0.5, 0.6) is 11.5 Å². The number of hydrogen-bond acceptors (Lipinski definition) is 8. The first-order valence-electron chi connectivity index (χ1n) is 17.6. The van der Waals surface area contributed by atoms with Gasteiger partial charge in [0.15, 0.2) is 17.3 Å². The molecular weight excluding hydrogens is 733 g/mol. The monoisotopic (exact) mass is 767 g/mol. The number of fused-ring (bicyclic) bond motifs is 6. The quantitative estimate of drug-likeness (QED) is 0.171. The van der Waals surface area contributed by atoms with Crippen molar-refractivity contribution in [1.29, 1.82) is 0 Å². The summed E-state index contributed by atoms with van der Waals surface area (Å²) < 4.78 is 11.0. The van der Waals surface area contributed by atoms with Gasteiger partial charge in [-0.15, -0.1) is 0 Å². The third-order valence-corrected chi connectivity index (χ3v) is 11.0. The first-order valence-corrected chi connectivity index (χ1v) is 18.7. The number of ketones is 3. The van der Waals surface area contributed by atoms with E-state index < -0.39 is 0 Å². The molecule has 3 heterocycles. The van der Waals surface area contributed by atoms with Crippen LogP contribution in [0.2, 0.25) is 15.1 Å². The van der Waals surface area contributed by atoms with Crippen LogP contribution in [0.25, 0.3) is 32.7 Å². The summed E-state index contributed by atoms with van der Waals surface area (Å²) in [6.45, 7) is 2.04. The van der Waals surface area contributed by atoms with E-state index in [-0.39, 0.29) is 17.3 Å². The van der Waals surface area contributed by atoms with Crippen LogP contribution < -0.4 is 9.47 Å². The fraction of sp³-hybridized carbons (Fsp3) is 0.286. The van der Waals surface area contributed by atoms with Gasteiger partial charge in [0.25, 0.3) is 0 Å². The van der Waals surface area contributed by atoms with Crippen molar-refractivity contribution >= 4 is 84.9 Å². The second kappa shape index (κ2) is 15.4. The number of halogens is 3. The summed E-state index contributed by atoms with van der Waals surface area (Å²) in [5.41, 5.74) is 8.12. The van der Waals surface area contributed by atoms with E-state index in [0.29, 0.717) is 73.9 Å². The molecule has 0 N–H and O–H groups in total. The van der Waals surface area contributed by atoms with Crippen LogP contribution in [0.4, 0.5) is 0 Å². The molecule has 3 aromatic carbocycles. The Kier molecular flexibility index (Phi) is 10.7. The molecule has 0 fully saturated rings. The summed E-state index contributed by atoms with van der Waals surface area (Å²) in [5.74, 6) is 1.75. The number of hydrogen-bond donors (Lipinski definition) is 0. The molecule has 0 aliphatic heterocycles. The molecule has 11 heteroatoms. The van der Waals surface area contributed by atoms with Gasteiger partial charge in [0.05, 0.1) is 51.2 Å². The number of ether oxygens (including phenoxy) is 2. The molecule has 9 rings (SSSR count). The zero-order valence-electron chi connectivity index (χ0n) is 29.6. The number of rotatable bonds is 2. The molecule has 3 aliphatic rings. The van der Waals surface area contributed by atoms with Crippen LogP contribution >= 0.6 is 34.8 Å². The number of carbonyl (C=O) groups excluding carboxylic acids is 3. The van der Waals surface area contributed by atoms with Gasteiger partial charge in [-0.3, -0.25) is 14.4 Å². The van der Waals surface area contributed by atoms with E-state index in [2.05, 4.69) is 27.1 Å². The van der Waals surface area contributed by atoms with Gasteiger partial charge in [0, 0.05) is 41.2 Å². The number of benzene rings is 3. The first-order chi connectivity index (χ1) is 25.6. The van der Waals surface area contributed by atoms with Crippen LogP contribution in [0.3, 0.4) is 0 Å². The minimum Gasteiger partial charge on any atom is -0.496 e. The topological polar surface area (TPSA) is 108 Å². The number of pyridine rings is 3. The normalized spacial score (nSPS) is 14.8. The van der Waals surface area contributed by atoms with Crippen LogP contribution in [0.15, 0.2) is 54.6 Å². The first kappa shape index (κ1) is 36.7. The predicted molar refractivity (Wildman–Crippen MR) is 210 cm³/mol. The molecule has 53 heavy (non-hydrogen) atoms. The minimum atomic E-state index is 0.0625. The van der Waals surface area contributed by atoms with Crippen molar-refractivity contribution in [1.82, 2.24) is 15.0 Å². The molecule has 0 amide bonds. The molecule has 6 aromatic rings. The molecule has 8 nitrogen and oxygen atoms in total. The maximum atomic E-state index is 12.0. The standard InChI is InChI=1S/C14H11Cl2NO2.C14H12ClNO2.C14H13NO/c1-19-14-7-3-2-4-12(18)13(7)17-11-6-10(16)9(15)5-8(11)14;1-18-14-8-4-2-7-11(17)13(8)16-10-6-3-5-9(15)12(10)14;1-9-4-2-5-10-8-11-6-3-7-12(16)14(11)15-13(9)10/h5-6H,2-4H2,1H3;3,5-6H,2,4,7H2,1H3;2,4-5,8H,3,6-7H2,1H3. The number of Topliss-reactive ketones (excluding diaryl/α,β-unsaturated/α-hetero) is 3. The highest BCUT2D eigenvalue weighted by molar-refractivity contribution is 6.42. The average Bonchev–Trinajstić information content (AvgIpc) is 3.15. The van der Waals surface area contributed by atoms with Crippen molar-refractivity contribution in [3.8, 4) is 11.5 Å². The Morgan fingerprint density at radius 1 is 0.585 bits per heavy atom. The van der Waals surface area contributed by atoms with Gasteiger partial charge in [-0.1, -0.05) is 59.1 Å². The van der Waals surface area contributed by atoms with E-state index in [1.807, 2.05) is 37.3 Å². The van der Waals surface area contributed by atoms with Gasteiger partial charge in [-0.2, -0.15) is 0 Å².